The molecule has 1 N–H and O–H groups in total. The van der Waals surface area contributed by atoms with Gasteiger partial charge < -0.3 is 0 Å². The first-order chi connectivity index (χ1) is 8.90. The Hall–Kier alpha value is -0.910. The largest absolute Gasteiger partial charge is 0.295 e. The van der Waals surface area contributed by atoms with Gasteiger partial charge in [-0.05, 0) is 31.9 Å². The van der Waals surface area contributed by atoms with Crippen LogP contribution in [-0.4, -0.2) is 25.6 Å². The van der Waals surface area contributed by atoms with Gasteiger partial charge in [0.1, 0.15) is 0 Å². The number of benzene rings is 1. The Bertz CT molecular complexity index is 568. The maximum Gasteiger partial charge on any atom is 0.240 e. The van der Waals surface area contributed by atoms with Crippen LogP contribution < -0.4 is 4.72 Å². The molecule has 1 aromatic rings. The van der Waals surface area contributed by atoms with Crippen LogP contribution in [0.3, 0.4) is 0 Å². The van der Waals surface area contributed by atoms with E-state index in [-0.39, 0.29) is 22.1 Å². The van der Waals surface area contributed by atoms with Crippen LogP contribution in [0.2, 0.25) is 0 Å². The Balaban J connectivity index is 2.17. The summed E-state index contributed by atoms with van der Waals surface area (Å²) in [6.45, 7) is 1.44. The van der Waals surface area contributed by atoms with E-state index in [0.717, 1.165) is 19.3 Å². The summed E-state index contributed by atoms with van der Waals surface area (Å²) in [5.74, 6) is -0.0893. The molecule has 6 heteroatoms. The van der Waals surface area contributed by atoms with E-state index < -0.39 is 10.0 Å². The molecule has 0 aliphatic heterocycles. The lowest BCUT2D eigenvalue weighted by molar-refractivity contribution is 0.101. The Kier molecular flexibility index (Phi) is 4.28. The lowest BCUT2D eigenvalue weighted by atomic mass is 10.2. The van der Waals surface area contributed by atoms with Crippen LogP contribution >= 0.6 is 11.6 Å². The minimum Gasteiger partial charge on any atom is -0.295 e. The van der Waals surface area contributed by atoms with E-state index in [2.05, 4.69) is 4.72 Å². The van der Waals surface area contributed by atoms with Gasteiger partial charge in [0.25, 0.3) is 0 Å². The van der Waals surface area contributed by atoms with Gasteiger partial charge in [0.05, 0.1) is 4.90 Å². The molecule has 0 amide bonds. The molecular weight excluding hydrogens is 286 g/mol. The molecule has 0 aromatic heterocycles. The number of carbonyl (C=O) groups excluding carboxylic acids is 1. The van der Waals surface area contributed by atoms with Crippen LogP contribution in [0.4, 0.5) is 0 Å². The predicted octanol–water partition coefficient (Wildman–Crippen LogP) is 2.33. The van der Waals surface area contributed by atoms with Crippen LogP contribution in [-0.2, 0) is 10.0 Å². The number of alkyl halides is 1. The second-order valence-corrected chi connectivity index (χ2v) is 7.03. The fourth-order valence-corrected chi connectivity index (χ4v) is 3.91. The van der Waals surface area contributed by atoms with Gasteiger partial charge in [-0.2, -0.15) is 0 Å². The molecule has 0 spiro atoms. The van der Waals surface area contributed by atoms with Crippen molar-refractivity contribution < 1.29 is 13.2 Å². The molecular formula is C13H16ClNO3S. The highest BCUT2D eigenvalue weighted by molar-refractivity contribution is 7.89. The van der Waals surface area contributed by atoms with Gasteiger partial charge in [-0.25, -0.2) is 13.1 Å². The van der Waals surface area contributed by atoms with E-state index in [1.807, 2.05) is 0 Å². The van der Waals surface area contributed by atoms with Crippen molar-refractivity contribution in [2.45, 2.75) is 42.5 Å². The van der Waals surface area contributed by atoms with Crippen molar-refractivity contribution in [3.8, 4) is 0 Å². The number of halogens is 1. The third-order valence-electron chi connectivity index (χ3n) is 3.31. The SMILES string of the molecule is CC(=O)c1ccc(S(=O)(=O)NC2CCCC2Cl)cc1. The van der Waals surface area contributed by atoms with Crippen LogP contribution in [0.15, 0.2) is 29.2 Å². The summed E-state index contributed by atoms with van der Waals surface area (Å²) < 4.78 is 26.9. The number of hydrogen-bond acceptors (Lipinski definition) is 3. The lowest BCUT2D eigenvalue weighted by Gasteiger charge is -2.16. The van der Waals surface area contributed by atoms with Gasteiger partial charge in [-0.1, -0.05) is 18.6 Å². The number of carbonyl (C=O) groups is 1. The number of Topliss-reactive ketones (excluding diaryl/α,β-unsaturated/α-hetero) is 1. The zero-order chi connectivity index (χ0) is 14.0. The monoisotopic (exact) mass is 301 g/mol. The number of nitrogens with one attached hydrogen (secondary N) is 1. The molecule has 0 radical (unpaired) electrons. The van der Waals surface area contributed by atoms with E-state index in [0.29, 0.717) is 5.56 Å². The smallest absolute Gasteiger partial charge is 0.240 e. The van der Waals surface area contributed by atoms with E-state index in [9.17, 15) is 13.2 Å². The number of hydrogen-bond donors (Lipinski definition) is 1. The first-order valence-corrected chi connectivity index (χ1v) is 8.09. The zero-order valence-corrected chi connectivity index (χ0v) is 12.2. The van der Waals surface area contributed by atoms with Crippen molar-refractivity contribution in [1.29, 1.82) is 0 Å². The minimum atomic E-state index is -3.56. The lowest BCUT2D eigenvalue weighted by Crippen LogP contribution is -2.37. The van der Waals surface area contributed by atoms with E-state index in [4.69, 9.17) is 11.6 Å². The average Bonchev–Trinajstić information content (AvgIpc) is 2.74. The molecule has 19 heavy (non-hydrogen) atoms. The molecule has 2 unspecified atom stereocenters. The normalized spacial score (nSPS) is 23.5. The minimum absolute atomic E-state index is 0.0893. The highest BCUT2D eigenvalue weighted by Crippen LogP contribution is 2.25. The van der Waals surface area contributed by atoms with Crippen molar-refractivity contribution in [3.63, 3.8) is 0 Å². The zero-order valence-electron chi connectivity index (χ0n) is 10.6. The maximum absolute atomic E-state index is 12.2. The molecule has 4 nitrogen and oxygen atoms in total. The summed E-state index contributed by atoms with van der Waals surface area (Å²) in [5.41, 5.74) is 0.495. The second-order valence-electron chi connectivity index (χ2n) is 4.76. The summed E-state index contributed by atoms with van der Waals surface area (Å²) in [7, 11) is -3.56. The van der Waals surface area contributed by atoms with E-state index >= 15 is 0 Å². The highest BCUT2D eigenvalue weighted by atomic mass is 35.5. The fraction of sp³-hybridized carbons (Fsp3) is 0.462. The van der Waals surface area contributed by atoms with E-state index in [1.54, 1.807) is 0 Å². The van der Waals surface area contributed by atoms with E-state index in [1.165, 1.54) is 31.2 Å². The van der Waals surface area contributed by atoms with Gasteiger partial charge >= 0.3 is 0 Å². The molecule has 1 aliphatic rings. The number of rotatable bonds is 4. The molecule has 0 bridgehead atoms. The Morgan fingerprint density at radius 2 is 1.89 bits per heavy atom. The summed E-state index contributed by atoms with van der Waals surface area (Å²) >= 11 is 6.07. The molecule has 0 heterocycles. The van der Waals surface area contributed by atoms with Crippen LogP contribution in [0.25, 0.3) is 0 Å². The summed E-state index contributed by atoms with van der Waals surface area (Å²) in [4.78, 5) is 11.3. The van der Waals surface area contributed by atoms with Gasteiger partial charge in [0.15, 0.2) is 5.78 Å². The Labute approximate surface area is 118 Å². The van der Waals surface area contributed by atoms with Crippen molar-refractivity contribution in [2.75, 3.05) is 0 Å². The number of sulfonamides is 1. The molecule has 0 saturated heterocycles. The quantitative estimate of drug-likeness (QED) is 0.686. The predicted molar refractivity (Wildman–Crippen MR) is 74.0 cm³/mol. The van der Waals surface area contributed by atoms with Gasteiger partial charge in [0.2, 0.25) is 10.0 Å². The number of ketones is 1. The molecule has 2 rings (SSSR count). The molecule has 1 aliphatic carbocycles. The fourth-order valence-electron chi connectivity index (χ4n) is 2.18. The van der Waals surface area contributed by atoms with Crippen molar-refractivity contribution in [2.24, 2.45) is 0 Å². The van der Waals surface area contributed by atoms with Gasteiger partial charge in [-0.15, -0.1) is 11.6 Å². The Morgan fingerprint density at radius 1 is 1.26 bits per heavy atom. The molecule has 1 aromatic carbocycles. The third-order valence-corrected chi connectivity index (χ3v) is 5.34. The summed E-state index contributed by atoms with van der Waals surface area (Å²) in [5, 5.41) is -0.147. The van der Waals surface area contributed by atoms with Crippen LogP contribution in [0.1, 0.15) is 36.5 Å². The third kappa shape index (κ3) is 3.35. The van der Waals surface area contributed by atoms with Gasteiger partial charge in [-0.3, -0.25) is 4.79 Å². The highest BCUT2D eigenvalue weighted by Gasteiger charge is 2.29. The van der Waals surface area contributed by atoms with Crippen LogP contribution in [0, 0.1) is 0 Å². The van der Waals surface area contributed by atoms with Crippen LogP contribution in [0.5, 0.6) is 0 Å². The molecule has 1 saturated carbocycles. The Morgan fingerprint density at radius 3 is 2.37 bits per heavy atom. The topological polar surface area (TPSA) is 63.2 Å². The average molecular weight is 302 g/mol. The second kappa shape index (κ2) is 5.61. The first-order valence-electron chi connectivity index (χ1n) is 6.17. The first kappa shape index (κ1) is 14.5. The summed E-state index contributed by atoms with van der Waals surface area (Å²) in [6.07, 6.45) is 2.53. The molecule has 2 atom stereocenters. The van der Waals surface area contributed by atoms with Crippen molar-refractivity contribution in [3.05, 3.63) is 29.8 Å². The molecule has 104 valence electrons. The summed E-state index contributed by atoms with van der Waals surface area (Å²) in [6, 6.07) is 5.71. The van der Waals surface area contributed by atoms with Crippen molar-refractivity contribution >= 4 is 27.4 Å². The van der Waals surface area contributed by atoms with Crippen molar-refractivity contribution in [1.82, 2.24) is 4.72 Å². The molecule has 1 fully saturated rings. The maximum atomic E-state index is 12.2. The van der Waals surface area contributed by atoms with Gasteiger partial charge in [0, 0.05) is 17.0 Å². The standard InChI is InChI=1S/C13H16ClNO3S/c1-9(16)10-5-7-11(8-6-10)19(17,18)15-13-4-2-3-12(13)14/h5-8,12-13,15H,2-4H2,1H3.